The van der Waals surface area contributed by atoms with Gasteiger partial charge in [0.25, 0.3) is 0 Å². The summed E-state index contributed by atoms with van der Waals surface area (Å²) in [4.78, 5) is 4.23. The molecule has 3 rings (SSSR count). The average molecular weight is 277 g/mol. The molecule has 4 heteroatoms. The lowest BCUT2D eigenvalue weighted by Gasteiger charge is -2.11. The second kappa shape index (κ2) is 5.63. The summed E-state index contributed by atoms with van der Waals surface area (Å²) in [7, 11) is 1.82. The number of nitrogens with zero attached hydrogens (tertiary/aromatic N) is 3. The summed E-state index contributed by atoms with van der Waals surface area (Å²) < 4.78 is 0. The number of phenols is 1. The molecule has 2 aromatic carbocycles. The van der Waals surface area contributed by atoms with Crippen LogP contribution in [0.5, 0.6) is 5.75 Å². The summed E-state index contributed by atoms with van der Waals surface area (Å²) in [5.41, 5.74) is 0.705. The number of aromatic nitrogens is 1. The molecule has 0 spiro atoms. The minimum absolute atomic E-state index is 0.215. The van der Waals surface area contributed by atoms with Gasteiger partial charge in [-0.3, -0.25) is 5.01 Å². The maximum atomic E-state index is 10.1. The molecule has 1 aromatic heterocycles. The highest BCUT2D eigenvalue weighted by molar-refractivity contribution is 6.02. The molecule has 0 atom stereocenters. The van der Waals surface area contributed by atoms with Gasteiger partial charge in [-0.1, -0.05) is 36.4 Å². The minimum atomic E-state index is 0.215. The molecule has 0 aliphatic rings. The normalized spacial score (nSPS) is 11.1. The molecule has 4 nitrogen and oxygen atoms in total. The molecule has 3 aromatic rings. The fourth-order valence-corrected chi connectivity index (χ4v) is 2.17. The topological polar surface area (TPSA) is 48.7 Å². The lowest BCUT2D eigenvalue weighted by atomic mass is 10.0. The number of hydrazone groups is 1. The number of phenolic OH excluding ortho intramolecular Hbond substituents is 1. The third kappa shape index (κ3) is 2.69. The first kappa shape index (κ1) is 13.1. The summed E-state index contributed by atoms with van der Waals surface area (Å²) in [6.45, 7) is 0. The fourth-order valence-electron chi connectivity index (χ4n) is 2.17. The van der Waals surface area contributed by atoms with Crippen LogP contribution in [0.2, 0.25) is 0 Å². The Bertz CT molecular complexity index is 784. The molecule has 0 saturated carbocycles. The number of rotatable bonds is 3. The Kier molecular flexibility index (Phi) is 3.51. The van der Waals surface area contributed by atoms with Crippen molar-refractivity contribution < 1.29 is 5.11 Å². The molecule has 0 unspecified atom stereocenters. The van der Waals surface area contributed by atoms with E-state index >= 15 is 0 Å². The summed E-state index contributed by atoms with van der Waals surface area (Å²) in [6, 6.07) is 17.1. The molecule has 0 aliphatic heterocycles. The Labute approximate surface area is 123 Å². The second-order valence-corrected chi connectivity index (χ2v) is 4.68. The molecule has 0 aliphatic carbocycles. The molecular formula is C17H15N3O. The predicted molar refractivity (Wildman–Crippen MR) is 85.8 cm³/mol. The van der Waals surface area contributed by atoms with Crippen molar-refractivity contribution in [3.05, 3.63) is 66.4 Å². The van der Waals surface area contributed by atoms with Crippen molar-refractivity contribution >= 4 is 22.8 Å². The van der Waals surface area contributed by atoms with E-state index in [4.69, 9.17) is 0 Å². The Balaban J connectivity index is 1.98. The van der Waals surface area contributed by atoms with E-state index in [-0.39, 0.29) is 5.75 Å². The van der Waals surface area contributed by atoms with Gasteiger partial charge in [-0.15, -0.1) is 0 Å². The Morgan fingerprint density at radius 1 is 1.05 bits per heavy atom. The van der Waals surface area contributed by atoms with Crippen LogP contribution in [0.25, 0.3) is 10.8 Å². The molecular weight excluding hydrogens is 262 g/mol. The van der Waals surface area contributed by atoms with Gasteiger partial charge >= 0.3 is 0 Å². The maximum Gasteiger partial charge on any atom is 0.148 e. The molecule has 0 amide bonds. The van der Waals surface area contributed by atoms with Crippen molar-refractivity contribution in [2.45, 2.75) is 0 Å². The van der Waals surface area contributed by atoms with Crippen molar-refractivity contribution in [2.75, 3.05) is 12.1 Å². The molecule has 1 heterocycles. The number of benzene rings is 2. The number of hydrogen-bond acceptors (Lipinski definition) is 4. The van der Waals surface area contributed by atoms with Crippen LogP contribution < -0.4 is 5.01 Å². The van der Waals surface area contributed by atoms with E-state index in [0.717, 1.165) is 16.6 Å². The summed E-state index contributed by atoms with van der Waals surface area (Å²) >= 11 is 0. The highest BCUT2D eigenvalue weighted by atomic mass is 16.3. The zero-order chi connectivity index (χ0) is 14.7. The van der Waals surface area contributed by atoms with Gasteiger partial charge in [-0.25, -0.2) is 4.98 Å². The third-order valence-electron chi connectivity index (χ3n) is 3.29. The number of fused-ring (bicyclic) bond motifs is 1. The van der Waals surface area contributed by atoms with Crippen molar-refractivity contribution in [1.29, 1.82) is 0 Å². The first-order chi connectivity index (χ1) is 10.3. The SMILES string of the molecule is CN(N=Cc1c(O)ccc2ccccc12)c1ccccn1. The second-order valence-electron chi connectivity index (χ2n) is 4.68. The largest absolute Gasteiger partial charge is 0.507 e. The van der Waals surface area contributed by atoms with E-state index in [2.05, 4.69) is 10.1 Å². The quantitative estimate of drug-likeness (QED) is 0.589. The van der Waals surface area contributed by atoms with E-state index in [1.165, 1.54) is 0 Å². The molecule has 1 N–H and O–H groups in total. The van der Waals surface area contributed by atoms with E-state index in [0.29, 0.717) is 5.56 Å². The molecule has 104 valence electrons. The smallest absolute Gasteiger partial charge is 0.148 e. The van der Waals surface area contributed by atoms with E-state index in [1.54, 1.807) is 23.5 Å². The van der Waals surface area contributed by atoms with Crippen molar-refractivity contribution in [3.8, 4) is 5.75 Å². The zero-order valence-corrected chi connectivity index (χ0v) is 11.6. The van der Waals surface area contributed by atoms with E-state index < -0.39 is 0 Å². The number of hydrogen-bond donors (Lipinski definition) is 1. The van der Waals surface area contributed by atoms with Crippen LogP contribution in [0.1, 0.15) is 5.56 Å². The standard InChI is InChI=1S/C17H15N3O/c1-20(17-8-4-5-11-18-17)19-12-15-14-7-3-2-6-13(14)9-10-16(15)21/h2-12,21H,1H3. The van der Waals surface area contributed by atoms with Crippen molar-refractivity contribution in [2.24, 2.45) is 5.10 Å². The fraction of sp³-hybridized carbons (Fsp3) is 0.0588. The molecule has 0 radical (unpaired) electrons. The molecule has 0 bridgehead atoms. The summed E-state index contributed by atoms with van der Waals surface area (Å²) in [6.07, 6.45) is 3.38. The van der Waals surface area contributed by atoms with Gasteiger partial charge in [0.05, 0.1) is 6.21 Å². The van der Waals surface area contributed by atoms with Gasteiger partial charge in [0.15, 0.2) is 0 Å². The number of aromatic hydroxyl groups is 1. The van der Waals surface area contributed by atoms with E-state index in [9.17, 15) is 5.11 Å². The van der Waals surface area contributed by atoms with Gasteiger partial charge in [-0.2, -0.15) is 5.10 Å². The first-order valence-corrected chi connectivity index (χ1v) is 6.65. The van der Waals surface area contributed by atoms with Gasteiger partial charge in [-0.05, 0) is 29.0 Å². The van der Waals surface area contributed by atoms with Crippen molar-refractivity contribution in [3.63, 3.8) is 0 Å². The highest BCUT2D eigenvalue weighted by Gasteiger charge is 2.05. The maximum absolute atomic E-state index is 10.1. The predicted octanol–water partition coefficient (Wildman–Crippen LogP) is 3.41. The van der Waals surface area contributed by atoms with Crippen LogP contribution in [-0.4, -0.2) is 23.4 Å². The van der Waals surface area contributed by atoms with Crippen LogP contribution in [0, 0.1) is 0 Å². The number of anilines is 1. The van der Waals surface area contributed by atoms with Gasteiger partial charge in [0, 0.05) is 18.8 Å². The molecule has 0 fully saturated rings. The van der Waals surface area contributed by atoms with Crippen LogP contribution >= 0.6 is 0 Å². The van der Waals surface area contributed by atoms with Crippen LogP contribution in [0.15, 0.2) is 65.9 Å². The van der Waals surface area contributed by atoms with Crippen LogP contribution in [0.3, 0.4) is 0 Å². The van der Waals surface area contributed by atoms with Crippen LogP contribution in [0.4, 0.5) is 5.82 Å². The molecule has 21 heavy (non-hydrogen) atoms. The van der Waals surface area contributed by atoms with Gasteiger partial charge in [0.1, 0.15) is 11.6 Å². The lowest BCUT2D eigenvalue weighted by molar-refractivity contribution is 0.475. The summed E-state index contributed by atoms with van der Waals surface area (Å²) in [5, 5.41) is 18.1. The van der Waals surface area contributed by atoms with Crippen molar-refractivity contribution in [1.82, 2.24) is 4.98 Å². The minimum Gasteiger partial charge on any atom is -0.507 e. The monoisotopic (exact) mass is 277 g/mol. The Morgan fingerprint density at radius 2 is 1.86 bits per heavy atom. The Hall–Kier alpha value is -2.88. The third-order valence-corrected chi connectivity index (χ3v) is 3.29. The Morgan fingerprint density at radius 3 is 2.67 bits per heavy atom. The lowest BCUT2D eigenvalue weighted by Crippen LogP contribution is -2.10. The first-order valence-electron chi connectivity index (χ1n) is 6.65. The number of pyridine rings is 1. The van der Waals surface area contributed by atoms with Gasteiger partial charge < -0.3 is 5.11 Å². The van der Waals surface area contributed by atoms with Gasteiger partial charge in [0.2, 0.25) is 0 Å². The average Bonchev–Trinajstić information content (AvgIpc) is 2.54. The highest BCUT2D eigenvalue weighted by Crippen LogP contribution is 2.25. The van der Waals surface area contributed by atoms with E-state index in [1.807, 2.05) is 55.6 Å². The zero-order valence-electron chi connectivity index (χ0n) is 11.6. The summed E-state index contributed by atoms with van der Waals surface area (Å²) in [5.74, 6) is 0.959. The van der Waals surface area contributed by atoms with Crippen LogP contribution in [-0.2, 0) is 0 Å². The molecule has 0 saturated heterocycles.